The van der Waals surface area contributed by atoms with Crippen LogP contribution in [-0.4, -0.2) is 17.2 Å². The molecular weight excluding hydrogens is 344 g/mol. The van der Waals surface area contributed by atoms with Crippen molar-refractivity contribution in [2.75, 3.05) is 10.5 Å². The summed E-state index contributed by atoms with van der Waals surface area (Å²) < 4.78 is 30.1. The lowest BCUT2D eigenvalue weighted by Crippen LogP contribution is -2.56. The van der Waals surface area contributed by atoms with E-state index >= 15 is 0 Å². The van der Waals surface area contributed by atoms with Gasteiger partial charge in [0.1, 0.15) is 0 Å². The zero-order valence-corrected chi connectivity index (χ0v) is 14.9. The van der Waals surface area contributed by atoms with Gasteiger partial charge in [-0.15, -0.1) is 0 Å². The highest BCUT2D eigenvalue weighted by molar-refractivity contribution is 8.00. The number of amides is 1. The number of fused-ring (bicyclic) bond motifs is 3. The van der Waals surface area contributed by atoms with Gasteiger partial charge in [0.05, 0.1) is 22.7 Å². The molecule has 4 nitrogen and oxygen atoms in total. The zero-order valence-electron chi connectivity index (χ0n) is 14.1. The van der Waals surface area contributed by atoms with Gasteiger partial charge in [-0.1, -0.05) is 18.9 Å². The fourth-order valence-corrected chi connectivity index (χ4v) is 4.29. The Morgan fingerprint density at radius 3 is 2.36 bits per heavy atom. The molecule has 3 fully saturated rings. The number of benzene rings is 1. The molecule has 0 atom stereocenters. The minimum atomic E-state index is -1.04. The maximum Gasteiger partial charge on any atom is 0.253 e. The number of nitrogens with zero attached hydrogens (tertiary/aromatic N) is 1. The summed E-state index contributed by atoms with van der Waals surface area (Å²) in [6.07, 6.45) is 4.59. The van der Waals surface area contributed by atoms with Crippen LogP contribution in [0.1, 0.15) is 55.8 Å². The molecule has 4 rings (SSSR count). The molecule has 3 saturated carbocycles. The van der Waals surface area contributed by atoms with Crippen LogP contribution in [0.2, 0.25) is 0 Å². The molecule has 0 unspecified atom stereocenters. The van der Waals surface area contributed by atoms with Gasteiger partial charge < -0.3 is 10.0 Å². The maximum atomic E-state index is 13.7. The normalized spacial score (nSPS) is 27.6. The fourth-order valence-electron chi connectivity index (χ4n) is 3.82. The Balaban J connectivity index is 1.80. The molecule has 0 saturated heterocycles. The lowest BCUT2D eigenvalue weighted by molar-refractivity contribution is 0.0521. The Kier molecular flexibility index (Phi) is 4.92. The highest BCUT2D eigenvalue weighted by Gasteiger charge is 2.49. The van der Waals surface area contributed by atoms with E-state index in [2.05, 4.69) is 16.1 Å². The van der Waals surface area contributed by atoms with Crippen molar-refractivity contribution in [1.29, 1.82) is 5.26 Å². The maximum absolute atomic E-state index is 13.7. The van der Waals surface area contributed by atoms with Crippen molar-refractivity contribution in [2.24, 2.45) is 5.41 Å². The molecule has 134 valence electrons. The second kappa shape index (κ2) is 6.83. The highest BCUT2D eigenvalue weighted by Crippen LogP contribution is 2.52. The summed E-state index contributed by atoms with van der Waals surface area (Å²) >= 11 is 1.31. The molecule has 3 aliphatic rings. The average molecular weight is 365 g/mol. The number of nitriles is 1. The van der Waals surface area contributed by atoms with Crippen LogP contribution in [0.15, 0.2) is 12.1 Å². The fraction of sp³-hybridized carbons (Fsp3) is 0.556. The number of hydrogen-bond acceptors (Lipinski definition) is 4. The van der Waals surface area contributed by atoms with Crippen LogP contribution in [-0.2, 0) is 0 Å². The third-order valence-corrected chi connectivity index (χ3v) is 6.15. The van der Waals surface area contributed by atoms with Crippen LogP contribution in [0.4, 0.5) is 14.5 Å². The second-order valence-corrected chi connectivity index (χ2v) is 8.04. The minimum Gasteiger partial charge on any atom is -0.347 e. The Bertz CT molecular complexity index is 707. The minimum absolute atomic E-state index is 0.108. The molecule has 0 spiro atoms. The zero-order chi connectivity index (χ0) is 18.1. The molecule has 2 N–H and O–H groups in total. The quantitative estimate of drug-likeness (QED) is 0.760. The van der Waals surface area contributed by atoms with E-state index in [-0.39, 0.29) is 22.2 Å². The first-order chi connectivity index (χ1) is 11.9. The predicted octanol–water partition coefficient (Wildman–Crippen LogP) is 4.39. The van der Waals surface area contributed by atoms with Gasteiger partial charge in [0, 0.05) is 17.4 Å². The summed E-state index contributed by atoms with van der Waals surface area (Å²) in [6, 6.07) is 4.41. The van der Waals surface area contributed by atoms with Crippen LogP contribution >= 0.6 is 11.9 Å². The van der Waals surface area contributed by atoms with Gasteiger partial charge in [-0.05, 0) is 44.6 Å². The number of carbonyl (C=O) groups excluding carboxylic acids is 1. The van der Waals surface area contributed by atoms with Gasteiger partial charge in [0.25, 0.3) is 5.91 Å². The number of nitrogens with one attached hydrogen (secondary N) is 2. The molecule has 0 aliphatic heterocycles. The SMILES string of the molecule is CCSNc1cc(F)c(F)cc1C(=O)NC12CCC(C#N)(CC1)CC2. The number of hydrogen-bond donors (Lipinski definition) is 2. The Labute approximate surface area is 150 Å². The van der Waals surface area contributed by atoms with Gasteiger partial charge in [0.15, 0.2) is 11.6 Å². The number of rotatable bonds is 5. The average Bonchev–Trinajstić information content (AvgIpc) is 2.63. The van der Waals surface area contributed by atoms with E-state index < -0.39 is 17.5 Å². The Hall–Kier alpha value is -1.81. The first-order valence-corrected chi connectivity index (χ1v) is 9.52. The lowest BCUT2D eigenvalue weighted by Gasteiger charge is -2.50. The van der Waals surface area contributed by atoms with Crippen molar-refractivity contribution in [2.45, 2.75) is 51.0 Å². The molecule has 1 amide bonds. The van der Waals surface area contributed by atoms with Crippen molar-refractivity contribution in [3.63, 3.8) is 0 Å². The van der Waals surface area contributed by atoms with E-state index in [1.165, 1.54) is 11.9 Å². The summed E-state index contributed by atoms with van der Waals surface area (Å²) in [5.74, 6) is -1.70. The van der Waals surface area contributed by atoms with Crippen LogP contribution < -0.4 is 10.0 Å². The molecule has 1 aromatic carbocycles. The summed E-state index contributed by atoms with van der Waals surface area (Å²) in [6.45, 7) is 1.92. The van der Waals surface area contributed by atoms with Crippen molar-refractivity contribution >= 4 is 23.5 Å². The van der Waals surface area contributed by atoms with E-state index in [1.54, 1.807) is 0 Å². The smallest absolute Gasteiger partial charge is 0.253 e. The van der Waals surface area contributed by atoms with E-state index in [1.807, 2.05) is 6.92 Å². The van der Waals surface area contributed by atoms with Crippen LogP contribution in [0.3, 0.4) is 0 Å². The van der Waals surface area contributed by atoms with Gasteiger partial charge in [0.2, 0.25) is 0 Å². The van der Waals surface area contributed by atoms with Crippen molar-refractivity contribution < 1.29 is 13.6 Å². The standard InChI is InChI=1S/C18H21F2N3OS/c1-2-25-23-15-10-14(20)13(19)9-12(15)16(24)22-18-6-3-17(11-21,4-7-18)5-8-18/h9-10,23H,2-8H2,1H3,(H,22,24). The summed E-state index contributed by atoms with van der Waals surface area (Å²) in [4.78, 5) is 12.8. The summed E-state index contributed by atoms with van der Waals surface area (Å²) in [7, 11) is 0. The lowest BCUT2D eigenvalue weighted by atomic mass is 9.58. The summed E-state index contributed by atoms with van der Waals surface area (Å²) in [5.41, 5.74) is -0.191. The molecule has 2 bridgehead atoms. The van der Waals surface area contributed by atoms with Crippen molar-refractivity contribution in [1.82, 2.24) is 5.32 Å². The van der Waals surface area contributed by atoms with Crippen LogP contribution in [0, 0.1) is 28.4 Å². The number of anilines is 1. The van der Waals surface area contributed by atoms with E-state index in [0.29, 0.717) is 0 Å². The van der Waals surface area contributed by atoms with Gasteiger partial charge >= 0.3 is 0 Å². The molecule has 25 heavy (non-hydrogen) atoms. The topological polar surface area (TPSA) is 64.9 Å². The first-order valence-electron chi connectivity index (χ1n) is 8.53. The largest absolute Gasteiger partial charge is 0.347 e. The Morgan fingerprint density at radius 2 is 1.80 bits per heavy atom. The molecule has 3 aliphatic carbocycles. The summed E-state index contributed by atoms with van der Waals surface area (Å²) in [5, 5.41) is 12.4. The second-order valence-electron chi connectivity index (χ2n) is 6.97. The molecule has 7 heteroatoms. The van der Waals surface area contributed by atoms with E-state index in [4.69, 9.17) is 0 Å². The Morgan fingerprint density at radius 1 is 1.20 bits per heavy atom. The van der Waals surface area contributed by atoms with E-state index in [9.17, 15) is 18.8 Å². The molecule has 0 heterocycles. The molecule has 1 aromatic rings. The molecule has 0 aromatic heterocycles. The monoisotopic (exact) mass is 365 g/mol. The van der Waals surface area contributed by atoms with E-state index in [0.717, 1.165) is 56.4 Å². The third kappa shape index (κ3) is 3.45. The highest BCUT2D eigenvalue weighted by atomic mass is 32.2. The van der Waals surface area contributed by atoms with Crippen molar-refractivity contribution in [3.05, 3.63) is 29.3 Å². The number of halogens is 2. The van der Waals surface area contributed by atoms with Gasteiger partial charge in [-0.2, -0.15) is 5.26 Å². The molecular formula is C18H21F2N3OS. The van der Waals surface area contributed by atoms with Gasteiger partial charge in [-0.25, -0.2) is 8.78 Å². The third-order valence-electron chi connectivity index (χ3n) is 5.49. The predicted molar refractivity (Wildman–Crippen MR) is 94.1 cm³/mol. The first kappa shape index (κ1) is 18.0. The molecule has 0 radical (unpaired) electrons. The van der Waals surface area contributed by atoms with Gasteiger partial charge in [-0.3, -0.25) is 4.79 Å². The van der Waals surface area contributed by atoms with Crippen LogP contribution in [0.25, 0.3) is 0 Å². The van der Waals surface area contributed by atoms with Crippen molar-refractivity contribution in [3.8, 4) is 6.07 Å². The van der Waals surface area contributed by atoms with Crippen LogP contribution in [0.5, 0.6) is 0 Å². The number of carbonyl (C=O) groups is 1.